The zero-order valence-corrected chi connectivity index (χ0v) is 12.7. The zero-order valence-electron chi connectivity index (χ0n) is 12.7. The summed E-state index contributed by atoms with van der Waals surface area (Å²) in [6.07, 6.45) is 5.43. The van der Waals surface area contributed by atoms with Crippen molar-refractivity contribution in [1.29, 1.82) is 0 Å². The normalized spacial score (nSPS) is 26.9. The van der Waals surface area contributed by atoms with Crippen LogP contribution in [0.3, 0.4) is 0 Å². The van der Waals surface area contributed by atoms with Gasteiger partial charge in [0.05, 0.1) is 18.4 Å². The van der Waals surface area contributed by atoms with Gasteiger partial charge in [-0.1, -0.05) is 6.42 Å². The van der Waals surface area contributed by atoms with Gasteiger partial charge in [-0.15, -0.1) is 0 Å². The maximum absolute atomic E-state index is 11.4. The number of carbonyl (C=O) groups is 1. The summed E-state index contributed by atoms with van der Waals surface area (Å²) in [6, 6.07) is 5.17. The molecule has 1 N–H and O–H groups in total. The molecule has 3 atom stereocenters. The molecule has 0 aliphatic heterocycles. The van der Waals surface area contributed by atoms with Crippen LogP contribution in [0, 0.1) is 17.8 Å². The largest absolute Gasteiger partial charge is 0.497 e. The lowest BCUT2D eigenvalue weighted by molar-refractivity contribution is 0.0697. The number of carboxylic acid groups (broad SMARTS) is 1. The van der Waals surface area contributed by atoms with Crippen LogP contribution in [0.15, 0.2) is 18.2 Å². The highest BCUT2D eigenvalue weighted by molar-refractivity contribution is 5.94. The van der Waals surface area contributed by atoms with E-state index in [1.807, 2.05) is 13.1 Å². The lowest BCUT2D eigenvalue weighted by atomic mass is 9.88. The fourth-order valence-corrected chi connectivity index (χ4v) is 4.19. The molecule has 1 aromatic carbocycles. The minimum absolute atomic E-state index is 0.349. The average molecular weight is 289 g/mol. The van der Waals surface area contributed by atoms with Crippen molar-refractivity contribution in [1.82, 2.24) is 0 Å². The number of benzene rings is 1. The SMILES string of the molecule is COc1ccc(C(=O)O)c(N(C)CC2CC3CCC2C3)c1. The molecule has 2 saturated carbocycles. The highest BCUT2D eigenvalue weighted by atomic mass is 16.5. The van der Waals surface area contributed by atoms with E-state index in [0.29, 0.717) is 17.2 Å². The average Bonchev–Trinajstić information content (AvgIpc) is 3.09. The molecular formula is C17H23NO3. The van der Waals surface area contributed by atoms with Gasteiger partial charge in [0, 0.05) is 19.7 Å². The van der Waals surface area contributed by atoms with Crippen molar-refractivity contribution < 1.29 is 14.6 Å². The summed E-state index contributed by atoms with van der Waals surface area (Å²) >= 11 is 0. The Morgan fingerprint density at radius 1 is 1.38 bits per heavy atom. The van der Waals surface area contributed by atoms with Gasteiger partial charge in [0.15, 0.2) is 0 Å². The van der Waals surface area contributed by atoms with Crippen LogP contribution < -0.4 is 9.64 Å². The Kier molecular flexibility index (Phi) is 3.79. The molecule has 2 fully saturated rings. The van der Waals surface area contributed by atoms with Crippen LogP contribution in [0.25, 0.3) is 0 Å². The molecule has 2 aliphatic rings. The van der Waals surface area contributed by atoms with E-state index in [2.05, 4.69) is 4.90 Å². The van der Waals surface area contributed by atoms with E-state index in [0.717, 1.165) is 24.1 Å². The van der Waals surface area contributed by atoms with Crippen LogP contribution in [-0.4, -0.2) is 31.8 Å². The molecule has 1 aromatic rings. The number of ether oxygens (including phenoxy) is 1. The number of carboxylic acids is 1. The molecule has 0 amide bonds. The van der Waals surface area contributed by atoms with Crippen LogP contribution in [0.5, 0.6) is 5.75 Å². The number of nitrogens with zero attached hydrogens (tertiary/aromatic N) is 1. The van der Waals surface area contributed by atoms with Crippen molar-refractivity contribution in [2.24, 2.45) is 17.8 Å². The molecule has 4 heteroatoms. The van der Waals surface area contributed by atoms with Gasteiger partial charge in [-0.25, -0.2) is 4.79 Å². The molecular weight excluding hydrogens is 266 g/mol. The van der Waals surface area contributed by atoms with E-state index >= 15 is 0 Å². The number of methoxy groups -OCH3 is 1. The highest BCUT2D eigenvalue weighted by Crippen LogP contribution is 2.48. The molecule has 3 rings (SSSR count). The summed E-state index contributed by atoms with van der Waals surface area (Å²) in [5, 5.41) is 9.38. The Hall–Kier alpha value is -1.71. The van der Waals surface area contributed by atoms with Gasteiger partial charge in [0.25, 0.3) is 0 Å². The van der Waals surface area contributed by atoms with Gasteiger partial charge in [-0.3, -0.25) is 0 Å². The molecule has 3 unspecified atom stereocenters. The molecule has 2 bridgehead atoms. The maximum Gasteiger partial charge on any atom is 0.337 e. The molecule has 0 saturated heterocycles. The first kappa shape index (κ1) is 14.2. The molecule has 2 aliphatic carbocycles. The second-order valence-corrected chi connectivity index (χ2v) is 6.50. The van der Waals surface area contributed by atoms with Crippen molar-refractivity contribution >= 4 is 11.7 Å². The van der Waals surface area contributed by atoms with E-state index in [1.54, 1.807) is 19.2 Å². The number of rotatable bonds is 5. The van der Waals surface area contributed by atoms with Gasteiger partial charge in [-0.2, -0.15) is 0 Å². The third kappa shape index (κ3) is 2.71. The van der Waals surface area contributed by atoms with Gasteiger partial charge in [0.2, 0.25) is 0 Å². The van der Waals surface area contributed by atoms with Crippen LogP contribution >= 0.6 is 0 Å². The number of aromatic carboxylic acids is 1. The third-order valence-corrected chi connectivity index (χ3v) is 5.24. The summed E-state index contributed by atoms with van der Waals surface area (Å²) in [5.74, 6) is 2.29. The first-order chi connectivity index (χ1) is 10.1. The quantitative estimate of drug-likeness (QED) is 0.904. The monoisotopic (exact) mass is 289 g/mol. The first-order valence-electron chi connectivity index (χ1n) is 7.71. The van der Waals surface area contributed by atoms with Crippen molar-refractivity contribution in [2.75, 3.05) is 25.6 Å². The number of fused-ring (bicyclic) bond motifs is 2. The standard InChI is InChI=1S/C17H23NO3/c1-18(10-13-8-11-3-4-12(13)7-11)16-9-14(21-2)5-6-15(16)17(19)20/h5-6,9,11-13H,3-4,7-8,10H2,1-2H3,(H,19,20). The van der Waals surface area contributed by atoms with Crippen LogP contribution in [0.2, 0.25) is 0 Å². The van der Waals surface area contributed by atoms with Crippen molar-refractivity contribution in [2.45, 2.75) is 25.7 Å². The molecule has 0 heterocycles. The van der Waals surface area contributed by atoms with Crippen molar-refractivity contribution in [3.05, 3.63) is 23.8 Å². The predicted octanol–water partition coefficient (Wildman–Crippen LogP) is 3.27. The van der Waals surface area contributed by atoms with Crippen LogP contribution in [0.4, 0.5) is 5.69 Å². The third-order valence-electron chi connectivity index (χ3n) is 5.24. The summed E-state index contributed by atoms with van der Waals surface area (Å²) in [5.41, 5.74) is 1.10. The van der Waals surface area contributed by atoms with E-state index in [9.17, 15) is 9.90 Å². The maximum atomic E-state index is 11.4. The Bertz CT molecular complexity index is 543. The Morgan fingerprint density at radius 2 is 2.19 bits per heavy atom. The zero-order chi connectivity index (χ0) is 15.0. The Balaban J connectivity index is 1.79. The Labute approximate surface area is 125 Å². The smallest absolute Gasteiger partial charge is 0.337 e. The lowest BCUT2D eigenvalue weighted by Crippen LogP contribution is -2.29. The molecule has 0 aromatic heterocycles. The molecule has 0 radical (unpaired) electrons. The molecule has 4 nitrogen and oxygen atoms in total. The second-order valence-electron chi connectivity index (χ2n) is 6.50. The number of hydrogen-bond acceptors (Lipinski definition) is 3. The number of anilines is 1. The van der Waals surface area contributed by atoms with Crippen molar-refractivity contribution in [3.8, 4) is 5.75 Å². The molecule has 114 valence electrons. The van der Waals surface area contributed by atoms with Gasteiger partial charge >= 0.3 is 5.97 Å². The van der Waals surface area contributed by atoms with Crippen molar-refractivity contribution in [3.63, 3.8) is 0 Å². The lowest BCUT2D eigenvalue weighted by Gasteiger charge is -2.29. The summed E-state index contributed by atoms with van der Waals surface area (Å²) in [6.45, 7) is 0.939. The Morgan fingerprint density at radius 3 is 2.76 bits per heavy atom. The van der Waals surface area contributed by atoms with Crippen LogP contribution in [0.1, 0.15) is 36.0 Å². The second kappa shape index (κ2) is 5.58. The topological polar surface area (TPSA) is 49.8 Å². The van der Waals surface area contributed by atoms with Crippen LogP contribution in [-0.2, 0) is 0 Å². The van der Waals surface area contributed by atoms with E-state index in [4.69, 9.17) is 4.74 Å². The van der Waals surface area contributed by atoms with E-state index < -0.39 is 5.97 Å². The van der Waals surface area contributed by atoms with E-state index in [-0.39, 0.29) is 0 Å². The van der Waals surface area contributed by atoms with Gasteiger partial charge in [-0.05, 0) is 49.1 Å². The summed E-state index contributed by atoms with van der Waals surface area (Å²) < 4.78 is 5.24. The fourth-order valence-electron chi connectivity index (χ4n) is 4.19. The molecule has 21 heavy (non-hydrogen) atoms. The highest BCUT2D eigenvalue weighted by Gasteiger charge is 2.39. The summed E-state index contributed by atoms with van der Waals surface area (Å²) in [7, 11) is 3.60. The minimum atomic E-state index is -0.882. The predicted molar refractivity (Wildman–Crippen MR) is 82.2 cm³/mol. The van der Waals surface area contributed by atoms with Gasteiger partial charge < -0.3 is 14.7 Å². The molecule has 0 spiro atoms. The fraction of sp³-hybridized carbons (Fsp3) is 0.588. The summed E-state index contributed by atoms with van der Waals surface area (Å²) in [4.78, 5) is 13.5. The number of hydrogen-bond donors (Lipinski definition) is 1. The minimum Gasteiger partial charge on any atom is -0.497 e. The van der Waals surface area contributed by atoms with E-state index in [1.165, 1.54) is 25.7 Å². The van der Waals surface area contributed by atoms with Gasteiger partial charge in [0.1, 0.15) is 5.75 Å². The first-order valence-corrected chi connectivity index (χ1v) is 7.71.